The van der Waals surface area contributed by atoms with E-state index in [1.54, 1.807) is 11.1 Å². The van der Waals surface area contributed by atoms with E-state index in [0.29, 0.717) is 29.0 Å². The van der Waals surface area contributed by atoms with Crippen molar-refractivity contribution in [3.63, 3.8) is 0 Å². The first-order chi connectivity index (χ1) is 15.8. The summed E-state index contributed by atoms with van der Waals surface area (Å²) in [5, 5.41) is 0. The number of allylic oxidation sites excluding steroid dienone is 2. The van der Waals surface area contributed by atoms with Gasteiger partial charge in [0.05, 0.1) is 0 Å². The maximum atomic E-state index is 12.8. The number of ketones is 1. The zero-order valence-corrected chi connectivity index (χ0v) is 22.9. The van der Waals surface area contributed by atoms with Crippen molar-refractivity contribution in [3.05, 3.63) is 22.3 Å². The predicted molar refractivity (Wildman–Crippen MR) is 136 cm³/mol. The number of hydrogen-bond acceptors (Lipinski definition) is 3. The molecule has 3 heteroatoms. The maximum Gasteiger partial charge on any atom is 0.334 e. The number of hydrogen-bond donors (Lipinski definition) is 0. The monoisotopic (exact) mass is 466 g/mol. The highest BCUT2D eigenvalue weighted by Crippen LogP contribution is 2.72. The summed E-state index contributed by atoms with van der Waals surface area (Å²) in [5.41, 5.74) is 6.02. The molecule has 0 spiro atoms. The molecule has 2 saturated carbocycles. The summed E-state index contributed by atoms with van der Waals surface area (Å²) < 4.78 is 5.75. The molecule has 1 aliphatic heterocycles. The van der Waals surface area contributed by atoms with E-state index in [9.17, 15) is 9.59 Å². The van der Waals surface area contributed by atoms with Crippen LogP contribution in [0.2, 0.25) is 0 Å². The molecular formula is C31H46O3. The van der Waals surface area contributed by atoms with Gasteiger partial charge in [-0.15, -0.1) is 0 Å². The van der Waals surface area contributed by atoms with Crippen LogP contribution < -0.4 is 0 Å². The van der Waals surface area contributed by atoms with E-state index in [1.807, 2.05) is 6.92 Å². The lowest BCUT2D eigenvalue weighted by atomic mass is 9.43. The summed E-state index contributed by atoms with van der Waals surface area (Å²) in [7, 11) is 0. The molecule has 0 aromatic rings. The van der Waals surface area contributed by atoms with Gasteiger partial charge in [-0.3, -0.25) is 4.79 Å². The van der Waals surface area contributed by atoms with Crippen LogP contribution in [0.25, 0.3) is 0 Å². The minimum absolute atomic E-state index is 0.0346. The van der Waals surface area contributed by atoms with Crippen molar-refractivity contribution < 1.29 is 14.3 Å². The molecule has 0 radical (unpaired) electrons. The second-order valence-electron chi connectivity index (χ2n) is 13.9. The molecule has 3 nitrogen and oxygen atoms in total. The average Bonchev–Trinajstić information content (AvgIpc) is 3.18. The molecule has 0 amide bonds. The molecule has 0 unspecified atom stereocenters. The molecule has 0 N–H and O–H groups in total. The topological polar surface area (TPSA) is 43.4 Å². The number of cyclic esters (lactones) is 1. The number of carbonyl (C=O) groups is 2. The fourth-order valence-corrected chi connectivity index (χ4v) is 9.88. The maximum absolute atomic E-state index is 12.8. The molecule has 2 fully saturated rings. The third-order valence-corrected chi connectivity index (χ3v) is 12.5. The van der Waals surface area contributed by atoms with Gasteiger partial charge >= 0.3 is 5.97 Å². The number of ether oxygens (including phenoxy) is 1. The molecule has 1 heterocycles. The Morgan fingerprint density at radius 1 is 0.912 bits per heavy atom. The van der Waals surface area contributed by atoms with E-state index < -0.39 is 0 Å². The Labute approximate surface area is 207 Å². The molecule has 5 aliphatic rings. The quantitative estimate of drug-likeness (QED) is 0.318. The summed E-state index contributed by atoms with van der Waals surface area (Å²) in [5.74, 6) is 2.04. The molecule has 5 rings (SSSR count). The zero-order chi connectivity index (χ0) is 24.8. The van der Waals surface area contributed by atoms with Gasteiger partial charge in [0.2, 0.25) is 0 Å². The molecule has 188 valence electrons. The second-order valence-corrected chi connectivity index (χ2v) is 13.9. The molecular weight excluding hydrogens is 420 g/mol. The smallest absolute Gasteiger partial charge is 0.334 e. The van der Waals surface area contributed by atoms with E-state index in [-0.39, 0.29) is 28.3 Å². The fraction of sp³-hybridized carbons (Fsp3) is 0.806. The number of esters is 1. The van der Waals surface area contributed by atoms with Crippen molar-refractivity contribution in [2.24, 2.45) is 39.4 Å². The number of rotatable bonds is 3. The van der Waals surface area contributed by atoms with E-state index in [0.717, 1.165) is 30.4 Å². The summed E-state index contributed by atoms with van der Waals surface area (Å²) in [6.07, 6.45) is 10.1. The van der Waals surface area contributed by atoms with Gasteiger partial charge < -0.3 is 4.74 Å². The molecule has 0 aromatic heterocycles. The highest BCUT2D eigenvalue weighted by molar-refractivity contribution is 5.91. The van der Waals surface area contributed by atoms with Crippen LogP contribution in [0.4, 0.5) is 0 Å². The van der Waals surface area contributed by atoms with Crippen molar-refractivity contribution in [3.8, 4) is 0 Å². The number of Topliss-reactive ketones (excluding diaryl/α,β-unsaturated/α-hetero) is 1. The van der Waals surface area contributed by atoms with Crippen molar-refractivity contribution in [1.29, 1.82) is 0 Å². The van der Waals surface area contributed by atoms with Gasteiger partial charge in [-0.2, -0.15) is 0 Å². The Hall–Kier alpha value is -1.38. The Balaban J connectivity index is 1.44. The van der Waals surface area contributed by atoms with Gasteiger partial charge in [-0.25, -0.2) is 4.79 Å². The fourth-order valence-electron chi connectivity index (χ4n) is 9.88. The normalized spacial score (nSPS) is 44.5. The molecule has 4 aliphatic carbocycles. The Morgan fingerprint density at radius 3 is 2.26 bits per heavy atom. The largest absolute Gasteiger partial charge is 0.454 e. The van der Waals surface area contributed by atoms with Crippen LogP contribution in [0.1, 0.15) is 113 Å². The summed E-state index contributed by atoms with van der Waals surface area (Å²) in [6.45, 7) is 18.5. The van der Waals surface area contributed by atoms with Crippen LogP contribution in [0, 0.1) is 39.4 Å². The van der Waals surface area contributed by atoms with Gasteiger partial charge in [-0.1, -0.05) is 52.7 Å². The van der Waals surface area contributed by atoms with Gasteiger partial charge in [0, 0.05) is 17.4 Å². The number of carbonyl (C=O) groups excluding carboxylic acids is 2. The van der Waals surface area contributed by atoms with Crippen molar-refractivity contribution >= 4 is 11.8 Å². The average molecular weight is 467 g/mol. The minimum atomic E-state index is -0.192. The van der Waals surface area contributed by atoms with Crippen molar-refractivity contribution in [2.75, 3.05) is 0 Å². The SMILES string of the molecule is CC1=C(C)[C@H](C[C@@H](C)[C@H]2CC[C@@]3(C)C4=C(CC[C@]23C)[C@@]2(C)CCC(=O)C(C)(C)[C@@H]2CC4)OC1=O. The van der Waals surface area contributed by atoms with Crippen LogP contribution in [-0.2, 0) is 14.3 Å². The van der Waals surface area contributed by atoms with Gasteiger partial charge in [0.15, 0.2) is 0 Å². The lowest BCUT2D eigenvalue weighted by molar-refractivity contribution is -0.141. The van der Waals surface area contributed by atoms with Gasteiger partial charge in [0.25, 0.3) is 0 Å². The lowest BCUT2D eigenvalue weighted by Crippen LogP contribution is -2.54. The van der Waals surface area contributed by atoms with Crippen molar-refractivity contribution in [2.45, 2.75) is 119 Å². The highest BCUT2D eigenvalue weighted by atomic mass is 16.5. The number of fused-ring (bicyclic) bond motifs is 4. The standard InChI is InChI=1S/C31H46O3/c1-18(17-24-19(2)20(3)27(33)34-24)21-11-15-31(8)23-9-10-25-28(4,5)26(32)13-14-29(25,6)22(23)12-16-30(21,31)7/h18,21,24-25H,9-17H2,1-8H3/t18-,21-,24+,25+,29-,30-,31+/m1/s1. The van der Waals surface area contributed by atoms with Crippen LogP contribution in [-0.4, -0.2) is 17.9 Å². The van der Waals surface area contributed by atoms with E-state index >= 15 is 0 Å². The van der Waals surface area contributed by atoms with Crippen LogP contribution in [0.5, 0.6) is 0 Å². The Morgan fingerprint density at radius 2 is 1.62 bits per heavy atom. The summed E-state index contributed by atoms with van der Waals surface area (Å²) in [4.78, 5) is 24.9. The molecule has 0 aromatic carbocycles. The third kappa shape index (κ3) is 3.00. The minimum Gasteiger partial charge on any atom is -0.454 e. The molecule has 0 saturated heterocycles. The molecule has 7 atom stereocenters. The second kappa shape index (κ2) is 7.56. The summed E-state index contributed by atoms with van der Waals surface area (Å²) >= 11 is 0. The Kier molecular flexibility index (Phi) is 5.41. The van der Waals surface area contributed by atoms with Crippen LogP contribution >= 0.6 is 0 Å². The zero-order valence-electron chi connectivity index (χ0n) is 22.9. The van der Waals surface area contributed by atoms with Gasteiger partial charge in [-0.05, 0) is 105 Å². The van der Waals surface area contributed by atoms with E-state index in [1.165, 1.54) is 38.5 Å². The van der Waals surface area contributed by atoms with Crippen LogP contribution in [0.15, 0.2) is 22.3 Å². The first kappa shape index (κ1) is 24.3. The highest BCUT2D eigenvalue weighted by Gasteiger charge is 2.63. The first-order valence-corrected chi connectivity index (χ1v) is 13.9. The first-order valence-electron chi connectivity index (χ1n) is 13.9. The van der Waals surface area contributed by atoms with Crippen LogP contribution in [0.3, 0.4) is 0 Å². The summed E-state index contributed by atoms with van der Waals surface area (Å²) in [6, 6.07) is 0. The van der Waals surface area contributed by atoms with Crippen molar-refractivity contribution in [1.82, 2.24) is 0 Å². The molecule has 0 bridgehead atoms. The van der Waals surface area contributed by atoms with E-state index in [2.05, 4.69) is 48.5 Å². The molecule has 34 heavy (non-hydrogen) atoms. The lowest BCUT2D eigenvalue weighted by Gasteiger charge is -2.61. The van der Waals surface area contributed by atoms with E-state index in [4.69, 9.17) is 4.74 Å². The van der Waals surface area contributed by atoms with Gasteiger partial charge in [0.1, 0.15) is 11.9 Å². The Bertz CT molecular complexity index is 998. The predicted octanol–water partition coefficient (Wildman–Crippen LogP) is 7.59. The third-order valence-electron chi connectivity index (χ3n) is 12.5.